The molecule has 1 saturated heterocycles. The number of aromatic nitrogens is 1. The number of anilines is 1. The van der Waals surface area contributed by atoms with Gasteiger partial charge in [0.15, 0.2) is 0 Å². The Hall–Kier alpha value is -2.31. The van der Waals surface area contributed by atoms with E-state index >= 15 is 0 Å². The van der Waals surface area contributed by atoms with Crippen LogP contribution in [-0.2, 0) is 4.74 Å². The maximum absolute atomic E-state index is 12.5. The van der Waals surface area contributed by atoms with Crippen LogP contribution in [0.4, 0.5) is 10.5 Å². The molecule has 2 heterocycles. The minimum absolute atomic E-state index is 0.0113. The largest absolute Gasteiger partial charge is 0.444 e. The fourth-order valence-electron chi connectivity index (χ4n) is 3.04. The third-order valence-corrected chi connectivity index (χ3v) is 4.10. The van der Waals surface area contributed by atoms with E-state index in [9.17, 15) is 9.59 Å². The first-order valence-corrected chi connectivity index (χ1v) is 8.56. The monoisotopic (exact) mass is 348 g/mol. The lowest BCUT2D eigenvalue weighted by Crippen LogP contribution is -2.59. The molecule has 0 aliphatic carbocycles. The van der Waals surface area contributed by atoms with Crippen molar-refractivity contribution in [2.75, 3.05) is 25.0 Å². The lowest BCUT2D eigenvalue weighted by atomic mass is 10.1. The van der Waals surface area contributed by atoms with Gasteiger partial charge in [-0.15, -0.1) is 0 Å². The zero-order valence-corrected chi connectivity index (χ0v) is 15.9. The molecule has 0 saturated carbocycles. The molecule has 25 heavy (non-hydrogen) atoms. The highest BCUT2D eigenvalue weighted by Crippen LogP contribution is 2.24. The van der Waals surface area contributed by atoms with Crippen molar-refractivity contribution in [3.8, 4) is 0 Å². The van der Waals surface area contributed by atoms with Crippen LogP contribution < -0.4 is 10.2 Å². The summed E-state index contributed by atoms with van der Waals surface area (Å²) in [7, 11) is 1.58. The maximum atomic E-state index is 12.5. The van der Waals surface area contributed by atoms with Gasteiger partial charge < -0.3 is 15.0 Å². The van der Waals surface area contributed by atoms with Gasteiger partial charge in [0.25, 0.3) is 5.91 Å². The fourth-order valence-corrected chi connectivity index (χ4v) is 3.04. The third-order valence-electron chi connectivity index (χ3n) is 4.10. The molecule has 1 aromatic heterocycles. The van der Waals surface area contributed by atoms with E-state index in [-0.39, 0.29) is 24.1 Å². The lowest BCUT2D eigenvalue weighted by Gasteiger charge is -2.45. The van der Waals surface area contributed by atoms with Crippen molar-refractivity contribution < 1.29 is 14.3 Å². The Morgan fingerprint density at radius 3 is 2.24 bits per heavy atom. The van der Waals surface area contributed by atoms with Gasteiger partial charge in [0.1, 0.15) is 11.3 Å². The van der Waals surface area contributed by atoms with Gasteiger partial charge in [-0.25, -0.2) is 9.78 Å². The molecule has 1 fully saturated rings. The molecule has 0 aromatic carbocycles. The Bertz CT molecular complexity index is 612. The summed E-state index contributed by atoms with van der Waals surface area (Å²) in [5, 5.41) is 2.56. The molecule has 1 aromatic rings. The molecule has 2 rings (SSSR count). The van der Waals surface area contributed by atoms with Crippen LogP contribution in [-0.4, -0.2) is 59.7 Å². The first-order chi connectivity index (χ1) is 11.6. The van der Waals surface area contributed by atoms with Crippen molar-refractivity contribution in [2.24, 2.45) is 0 Å². The zero-order valence-electron chi connectivity index (χ0n) is 15.9. The second-order valence-corrected chi connectivity index (χ2v) is 7.47. The molecule has 7 heteroatoms. The van der Waals surface area contributed by atoms with Gasteiger partial charge in [-0.05, 0) is 46.8 Å². The van der Waals surface area contributed by atoms with Crippen LogP contribution in [0.3, 0.4) is 0 Å². The van der Waals surface area contributed by atoms with Crippen molar-refractivity contribution in [1.82, 2.24) is 15.2 Å². The number of carbonyl (C=O) groups is 2. The van der Waals surface area contributed by atoms with Gasteiger partial charge in [0.2, 0.25) is 0 Å². The molecule has 0 bridgehead atoms. The highest BCUT2D eigenvalue weighted by Gasteiger charge is 2.35. The van der Waals surface area contributed by atoms with E-state index in [4.69, 9.17) is 4.74 Å². The summed E-state index contributed by atoms with van der Waals surface area (Å²) in [5.41, 5.74) is 0.822. The quantitative estimate of drug-likeness (QED) is 0.887. The fraction of sp³-hybridized carbons (Fsp3) is 0.611. The molecule has 1 aliphatic heterocycles. The summed E-state index contributed by atoms with van der Waals surface area (Å²) < 4.78 is 5.53. The molecule has 1 aliphatic rings. The molecule has 2 atom stereocenters. The molecule has 1 N–H and O–H groups in total. The number of nitrogens with zero attached hydrogens (tertiary/aromatic N) is 3. The minimum Gasteiger partial charge on any atom is -0.444 e. The van der Waals surface area contributed by atoms with Crippen LogP contribution in [0, 0.1) is 0 Å². The molecule has 138 valence electrons. The summed E-state index contributed by atoms with van der Waals surface area (Å²) in [5.74, 6) is -0.206. The van der Waals surface area contributed by atoms with Crippen LogP contribution in [0.1, 0.15) is 45.1 Å². The lowest BCUT2D eigenvalue weighted by molar-refractivity contribution is 0.00565. The van der Waals surface area contributed by atoms with Gasteiger partial charge in [0, 0.05) is 20.1 Å². The van der Waals surface area contributed by atoms with Crippen molar-refractivity contribution in [3.05, 3.63) is 24.0 Å². The molecule has 2 amide bonds. The summed E-state index contributed by atoms with van der Waals surface area (Å²) in [6.07, 6.45) is 1.42. The van der Waals surface area contributed by atoms with Gasteiger partial charge in [-0.3, -0.25) is 9.69 Å². The van der Waals surface area contributed by atoms with E-state index in [0.29, 0.717) is 18.8 Å². The summed E-state index contributed by atoms with van der Waals surface area (Å²) in [6.45, 7) is 11.0. The number of rotatable bonds is 2. The van der Waals surface area contributed by atoms with Crippen LogP contribution >= 0.6 is 0 Å². The second kappa shape index (κ2) is 7.29. The van der Waals surface area contributed by atoms with Gasteiger partial charge >= 0.3 is 6.09 Å². The predicted octanol–water partition coefficient (Wildman–Crippen LogP) is 2.28. The first-order valence-electron chi connectivity index (χ1n) is 8.56. The van der Waals surface area contributed by atoms with Crippen LogP contribution in [0.15, 0.2) is 18.3 Å². The van der Waals surface area contributed by atoms with Crippen LogP contribution in [0.25, 0.3) is 0 Å². The smallest absolute Gasteiger partial charge is 0.410 e. The molecule has 0 unspecified atom stereocenters. The Kier molecular flexibility index (Phi) is 5.55. The standard InChI is InChI=1S/C18H28N4O3/c1-12-10-21(14-7-8-15(20-9-14)16(23)19-6)11-13(2)22(12)17(24)25-18(3,4)5/h7-9,12-13H,10-11H2,1-6H3,(H,19,23)/t12-,13+. The van der Waals surface area contributed by atoms with E-state index in [1.54, 1.807) is 24.2 Å². The average Bonchev–Trinajstić information content (AvgIpc) is 2.51. The highest BCUT2D eigenvalue weighted by molar-refractivity contribution is 5.92. The average molecular weight is 348 g/mol. The molecular weight excluding hydrogens is 320 g/mol. The summed E-state index contributed by atoms with van der Waals surface area (Å²) in [4.78, 5) is 32.2. The van der Waals surface area contributed by atoms with Gasteiger partial charge in [0.05, 0.1) is 24.0 Å². The Labute approximate surface area is 149 Å². The van der Waals surface area contributed by atoms with Crippen LogP contribution in [0.2, 0.25) is 0 Å². The molecule has 0 radical (unpaired) electrons. The van der Waals surface area contributed by atoms with Crippen molar-refractivity contribution in [3.63, 3.8) is 0 Å². The molecule has 7 nitrogen and oxygen atoms in total. The number of pyridine rings is 1. The zero-order chi connectivity index (χ0) is 18.8. The number of ether oxygens (including phenoxy) is 1. The first kappa shape index (κ1) is 19.0. The Morgan fingerprint density at radius 1 is 1.20 bits per heavy atom. The van der Waals surface area contributed by atoms with E-state index in [2.05, 4.69) is 15.2 Å². The van der Waals surface area contributed by atoms with Crippen LogP contribution in [0.5, 0.6) is 0 Å². The van der Waals surface area contributed by atoms with Crippen molar-refractivity contribution >= 4 is 17.7 Å². The van der Waals surface area contributed by atoms with E-state index in [1.165, 1.54) is 0 Å². The topological polar surface area (TPSA) is 74.8 Å². The summed E-state index contributed by atoms with van der Waals surface area (Å²) >= 11 is 0. The second-order valence-electron chi connectivity index (χ2n) is 7.47. The van der Waals surface area contributed by atoms with E-state index < -0.39 is 5.60 Å². The van der Waals surface area contributed by atoms with Crippen molar-refractivity contribution in [2.45, 2.75) is 52.3 Å². The molecule has 0 spiro atoms. The summed E-state index contributed by atoms with van der Waals surface area (Å²) in [6, 6.07) is 3.62. The van der Waals surface area contributed by atoms with E-state index in [1.807, 2.05) is 40.7 Å². The number of amides is 2. The Balaban J connectivity index is 2.08. The normalized spacial score (nSPS) is 21.0. The predicted molar refractivity (Wildman–Crippen MR) is 96.8 cm³/mol. The number of hydrogen-bond donors (Lipinski definition) is 1. The third kappa shape index (κ3) is 4.61. The Morgan fingerprint density at radius 2 is 1.80 bits per heavy atom. The number of hydrogen-bond acceptors (Lipinski definition) is 5. The number of carbonyl (C=O) groups excluding carboxylic acids is 2. The number of piperazine rings is 1. The van der Waals surface area contributed by atoms with Gasteiger partial charge in [-0.2, -0.15) is 0 Å². The SMILES string of the molecule is CNC(=O)c1ccc(N2C[C@@H](C)N(C(=O)OC(C)(C)C)[C@@H](C)C2)cn1. The molecular formula is C18H28N4O3. The maximum Gasteiger partial charge on any atom is 0.410 e. The van der Waals surface area contributed by atoms with Gasteiger partial charge in [-0.1, -0.05) is 0 Å². The highest BCUT2D eigenvalue weighted by atomic mass is 16.6. The van der Waals surface area contributed by atoms with Crippen molar-refractivity contribution in [1.29, 1.82) is 0 Å². The van der Waals surface area contributed by atoms with E-state index in [0.717, 1.165) is 5.69 Å². The minimum atomic E-state index is -0.507. The number of nitrogens with one attached hydrogen (secondary N) is 1.